The Balaban J connectivity index is 1.96. The van der Waals surface area contributed by atoms with Crippen LogP contribution in [0.1, 0.15) is 33.6 Å². The molecule has 1 aromatic rings. The number of carbonyl (C=O) groups excluding carboxylic acids is 4. The summed E-state index contributed by atoms with van der Waals surface area (Å²) in [5.41, 5.74) is 1.04. The Bertz CT molecular complexity index is 741. The molecule has 23 heavy (non-hydrogen) atoms. The zero-order valence-electron chi connectivity index (χ0n) is 12.3. The number of rotatable bonds is 4. The second-order valence-electron chi connectivity index (χ2n) is 5.34. The van der Waals surface area contributed by atoms with E-state index in [4.69, 9.17) is 0 Å². The van der Waals surface area contributed by atoms with Gasteiger partial charge < -0.3 is 5.32 Å². The van der Waals surface area contributed by atoms with Gasteiger partial charge in [-0.25, -0.2) is 0 Å². The van der Waals surface area contributed by atoms with Crippen LogP contribution in [0.4, 0.5) is 5.69 Å². The normalized spacial score (nSPS) is 20.3. The Morgan fingerprint density at radius 2 is 2.04 bits per heavy atom. The molecular formula is C16H15N3O4. The van der Waals surface area contributed by atoms with Crippen molar-refractivity contribution in [2.45, 2.75) is 18.9 Å². The third-order valence-corrected chi connectivity index (χ3v) is 3.90. The minimum absolute atomic E-state index is 0.103. The number of hydrogen-bond donors (Lipinski definition) is 2. The highest BCUT2D eigenvalue weighted by Crippen LogP contribution is 2.32. The standard InChI is InChI=1S/C16H15N3O4/c1-2-8-17-10-5-3-4-9-13(10)16(23)19(15(9)22)11-6-7-12(20)18-14(11)21/h2-5,11,17H,1,6-8H2,(H,18,20,21). The van der Waals surface area contributed by atoms with Gasteiger partial charge in [0.25, 0.3) is 11.8 Å². The summed E-state index contributed by atoms with van der Waals surface area (Å²) in [5.74, 6) is -2.04. The molecule has 0 aliphatic carbocycles. The van der Waals surface area contributed by atoms with E-state index in [-0.39, 0.29) is 24.0 Å². The van der Waals surface area contributed by atoms with E-state index in [1.165, 1.54) is 0 Å². The Kier molecular flexibility index (Phi) is 3.69. The van der Waals surface area contributed by atoms with Gasteiger partial charge >= 0.3 is 0 Å². The predicted octanol–water partition coefficient (Wildman–Crippen LogP) is 0.686. The van der Waals surface area contributed by atoms with Crippen LogP contribution in [0.2, 0.25) is 0 Å². The summed E-state index contributed by atoms with van der Waals surface area (Å²) in [4.78, 5) is 49.4. The van der Waals surface area contributed by atoms with Crippen molar-refractivity contribution in [2.75, 3.05) is 11.9 Å². The number of piperidine rings is 1. The van der Waals surface area contributed by atoms with Crippen LogP contribution in [-0.2, 0) is 9.59 Å². The smallest absolute Gasteiger partial charge is 0.264 e. The number of fused-ring (bicyclic) bond motifs is 1. The molecule has 1 fully saturated rings. The maximum atomic E-state index is 12.7. The number of amides is 4. The van der Waals surface area contributed by atoms with Crippen molar-refractivity contribution in [2.24, 2.45) is 0 Å². The van der Waals surface area contributed by atoms with E-state index in [1.807, 2.05) is 0 Å². The molecule has 118 valence electrons. The summed E-state index contributed by atoms with van der Waals surface area (Å²) >= 11 is 0. The van der Waals surface area contributed by atoms with Crippen molar-refractivity contribution in [3.05, 3.63) is 42.0 Å². The Morgan fingerprint density at radius 3 is 2.74 bits per heavy atom. The second kappa shape index (κ2) is 5.68. The topological polar surface area (TPSA) is 95.6 Å². The van der Waals surface area contributed by atoms with Gasteiger partial charge in [-0.3, -0.25) is 29.4 Å². The first kappa shape index (κ1) is 15.0. The third-order valence-electron chi connectivity index (χ3n) is 3.90. The lowest BCUT2D eigenvalue weighted by atomic mass is 10.0. The van der Waals surface area contributed by atoms with Gasteiger partial charge in [-0.2, -0.15) is 0 Å². The molecule has 3 rings (SSSR count). The average molecular weight is 313 g/mol. The zero-order chi connectivity index (χ0) is 16.6. The number of benzene rings is 1. The van der Waals surface area contributed by atoms with Crippen LogP contribution in [0.15, 0.2) is 30.9 Å². The molecule has 1 aromatic carbocycles. The van der Waals surface area contributed by atoms with E-state index >= 15 is 0 Å². The van der Waals surface area contributed by atoms with Gasteiger partial charge in [0.1, 0.15) is 6.04 Å². The van der Waals surface area contributed by atoms with Crippen LogP contribution < -0.4 is 10.6 Å². The molecule has 1 atom stereocenters. The van der Waals surface area contributed by atoms with Crippen molar-refractivity contribution < 1.29 is 19.2 Å². The lowest BCUT2D eigenvalue weighted by molar-refractivity contribution is -0.136. The van der Waals surface area contributed by atoms with Gasteiger partial charge in [0.15, 0.2) is 0 Å². The molecule has 4 amide bonds. The number of nitrogens with zero attached hydrogens (tertiary/aromatic N) is 1. The Morgan fingerprint density at radius 1 is 1.26 bits per heavy atom. The predicted molar refractivity (Wildman–Crippen MR) is 81.8 cm³/mol. The largest absolute Gasteiger partial charge is 0.381 e. The van der Waals surface area contributed by atoms with E-state index in [9.17, 15) is 19.2 Å². The maximum absolute atomic E-state index is 12.7. The van der Waals surface area contributed by atoms with Crippen LogP contribution >= 0.6 is 0 Å². The molecule has 7 heteroatoms. The van der Waals surface area contributed by atoms with E-state index in [1.54, 1.807) is 24.3 Å². The lowest BCUT2D eigenvalue weighted by Gasteiger charge is -2.27. The lowest BCUT2D eigenvalue weighted by Crippen LogP contribution is -2.54. The molecule has 2 heterocycles. The fourth-order valence-corrected chi connectivity index (χ4v) is 2.84. The van der Waals surface area contributed by atoms with Gasteiger partial charge in [-0.15, -0.1) is 6.58 Å². The minimum Gasteiger partial charge on any atom is -0.381 e. The van der Waals surface area contributed by atoms with Gasteiger partial charge in [-0.05, 0) is 18.6 Å². The molecule has 0 saturated carbocycles. The van der Waals surface area contributed by atoms with Crippen LogP contribution in [0.25, 0.3) is 0 Å². The van der Waals surface area contributed by atoms with Crippen molar-refractivity contribution >= 4 is 29.3 Å². The molecule has 2 N–H and O–H groups in total. The first-order chi connectivity index (χ1) is 11.0. The second-order valence-corrected chi connectivity index (χ2v) is 5.34. The molecule has 0 spiro atoms. The monoisotopic (exact) mass is 313 g/mol. The molecule has 2 aliphatic heterocycles. The first-order valence-corrected chi connectivity index (χ1v) is 7.24. The highest BCUT2D eigenvalue weighted by Gasteiger charge is 2.45. The van der Waals surface area contributed by atoms with Gasteiger partial charge in [-0.1, -0.05) is 12.1 Å². The van der Waals surface area contributed by atoms with Crippen molar-refractivity contribution in [3.8, 4) is 0 Å². The van der Waals surface area contributed by atoms with Crippen LogP contribution in [0.3, 0.4) is 0 Å². The zero-order valence-corrected chi connectivity index (χ0v) is 12.3. The molecule has 2 aliphatic rings. The van der Waals surface area contributed by atoms with Crippen molar-refractivity contribution in [3.63, 3.8) is 0 Å². The number of nitrogens with one attached hydrogen (secondary N) is 2. The molecular weight excluding hydrogens is 298 g/mol. The van der Waals surface area contributed by atoms with Crippen LogP contribution in [0, 0.1) is 0 Å². The van der Waals surface area contributed by atoms with E-state index < -0.39 is 29.7 Å². The SMILES string of the molecule is C=CCNc1cccc2c1C(=O)N(C1CCC(=O)NC1=O)C2=O. The van der Waals surface area contributed by atoms with E-state index in [0.717, 1.165) is 4.90 Å². The molecule has 0 radical (unpaired) electrons. The average Bonchev–Trinajstić information content (AvgIpc) is 2.78. The van der Waals surface area contributed by atoms with Crippen molar-refractivity contribution in [1.29, 1.82) is 0 Å². The maximum Gasteiger partial charge on any atom is 0.264 e. The number of carbonyl (C=O) groups is 4. The summed E-state index contributed by atoms with van der Waals surface area (Å²) in [6.07, 6.45) is 1.88. The number of hydrogen-bond acceptors (Lipinski definition) is 5. The van der Waals surface area contributed by atoms with Crippen molar-refractivity contribution in [1.82, 2.24) is 10.2 Å². The molecule has 1 unspecified atom stereocenters. The molecule has 0 bridgehead atoms. The van der Waals surface area contributed by atoms with Gasteiger partial charge in [0, 0.05) is 18.7 Å². The van der Waals surface area contributed by atoms with Crippen LogP contribution in [0.5, 0.6) is 0 Å². The molecule has 7 nitrogen and oxygen atoms in total. The summed E-state index contributed by atoms with van der Waals surface area (Å²) in [6, 6.07) is 3.97. The fourth-order valence-electron chi connectivity index (χ4n) is 2.84. The fraction of sp³-hybridized carbons (Fsp3) is 0.250. The Hall–Kier alpha value is -2.96. The quantitative estimate of drug-likeness (QED) is 0.630. The minimum atomic E-state index is -0.952. The number of imide groups is 2. The van der Waals surface area contributed by atoms with Gasteiger partial charge in [0.05, 0.1) is 11.1 Å². The molecule has 1 saturated heterocycles. The third kappa shape index (κ3) is 2.40. The summed E-state index contributed by atoms with van der Waals surface area (Å²) in [5, 5.41) is 5.19. The highest BCUT2D eigenvalue weighted by molar-refractivity contribution is 6.25. The Labute approximate surface area is 132 Å². The first-order valence-electron chi connectivity index (χ1n) is 7.24. The van der Waals surface area contributed by atoms with E-state index in [2.05, 4.69) is 17.2 Å². The van der Waals surface area contributed by atoms with E-state index in [0.29, 0.717) is 12.2 Å². The van der Waals surface area contributed by atoms with Crippen LogP contribution in [-0.4, -0.2) is 41.1 Å². The van der Waals surface area contributed by atoms with Gasteiger partial charge in [0.2, 0.25) is 11.8 Å². The summed E-state index contributed by atoms with van der Waals surface area (Å²) < 4.78 is 0. The number of anilines is 1. The summed E-state index contributed by atoms with van der Waals surface area (Å²) in [6.45, 7) is 4.04. The molecule has 0 aromatic heterocycles. The summed E-state index contributed by atoms with van der Waals surface area (Å²) in [7, 11) is 0. The highest BCUT2D eigenvalue weighted by atomic mass is 16.2.